The molecular weight excluding hydrogens is 458 g/mol. The van der Waals surface area contributed by atoms with Crippen molar-refractivity contribution in [1.29, 1.82) is 0 Å². The van der Waals surface area contributed by atoms with Gasteiger partial charge in [0.25, 0.3) is 0 Å². The van der Waals surface area contributed by atoms with Crippen molar-refractivity contribution in [1.82, 2.24) is 5.32 Å². The van der Waals surface area contributed by atoms with Crippen molar-refractivity contribution in [3.63, 3.8) is 0 Å². The van der Waals surface area contributed by atoms with Gasteiger partial charge in [0.15, 0.2) is 12.6 Å². The molecule has 0 aliphatic carbocycles. The monoisotopic (exact) mass is 489 g/mol. The van der Waals surface area contributed by atoms with Crippen molar-refractivity contribution in [2.75, 3.05) is 0 Å². The van der Waals surface area contributed by atoms with Crippen LogP contribution in [-0.2, 0) is 48.4 Å². The third-order valence-corrected chi connectivity index (χ3v) is 5.92. The maximum Gasteiger partial charge on any atom is 0.217 e. The Labute approximate surface area is 211 Å². The highest BCUT2D eigenvalue weighted by Gasteiger charge is 2.48. The van der Waals surface area contributed by atoms with Crippen molar-refractivity contribution in [3.8, 4) is 0 Å². The van der Waals surface area contributed by atoms with Crippen molar-refractivity contribution in [2.45, 2.75) is 57.4 Å². The quantitative estimate of drug-likeness (QED) is 0.413. The average molecular weight is 490 g/mol. The predicted octanol–water partition coefficient (Wildman–Crippen LogP) is 3.80. The van der Waals surface area contributed by atoms with Crippen molar-refractivity contribution < 1.29 is 28.5 Å². The van der Waals surface area contributed by atoms with E-state index in [-0.39, 0.29) is 25.7 Å². The largest absolute Gasteiger partial charge is 0.368 e. The summed E-state index contributed by atoms with van der Waals surface area (Å²) >= 11 is 0. The van der Waals surface area contributed by atoms with Crippen LogP contribution in [0.2, 0.25) is 0 Å². The number of ether oxygens (including phenoxy) is 4. The van der Waals surface area contributed by atoms with Crippen LogP contribution in [0, 0.1) is 0 Å². The Balaban J connectivity index is 1.58. The highest BCUT2D eigenvalue weighted by Crippen LogP contribution is 2.28. The molecule has 7 nitrogen and oxygen atoms in total. The first-order valence-electron chi connectivity index (χ1n) is 12.0. The fourth-order valence-corrected chi connectivity index (χ4v) is 4.17. The fourth-order valence-electron chi connectivity index (χ4n) is 4.17. The minimum absolute atomic E-state index is 0.244. The highest BCUT2D eigenvalue weighted by molar-refractivity contribution is 5.73. The molecule has 0 unspecified atom stereocenters. The average Bonchev–Trinajstić information content (AvgIpc) is 2.92. The van der Waals surface area contributed by atoms with Gasteiger partial charge in [-0.2, -0.15) is 0 Å². The summed E-state index contributed by atoms with van der Waals surface area (Å²) in [6.45, 7) is 2.19. The van der Waals surface area contributed by atoms with E-state index in [1.165, 1.54) is 6.92 Å². The first-order chi connectivity index (χ1) is 17.6. The number of carbonyl (C=O) groups excluding carboxylic acids is 2. The summed E-state index contributed by atoms with van der Waals surface area (Å²) in [4.78, 5) is 24.3. The van der Waals surface area contributed by atoms with Crippen LogP contribution in [0.1, 0.15) is 23.6 Å². The van der Waals surface area contributed by atoms with Gasteiger partial charge in [-0.1, -0.05) is 91.0 Å². The van der Waals surface area contributed by atoms with Crippen LogP contribution in [0.25, 0.3) is 0 Å². The van der Waals surface area contributed by atoms with Gasteiger partial charge >= 0.3 is 0 Å². The molecule has 1 aliphatic rings. The van der Waals surface area contributed by atoms with Gasteiger partial charge < -0.3 is 29.1 Å². The van der Waals surface area contributed by atoms with Crippen LogP contribution in [0.4, 0.5) is 0 Å². The number of nitrogens with one attached hydrogen (secondary N) is 1. The Morgan fingerprint density at radius 1 is 0.750 bits per heavy atom. The number of rotatable bonds is 11. The lowest BCUT2D eigenvalue weighted by Crippen LogP contribution is -2.65. The van der Waals surface area contributed by atoms with Crippen LogP contribution >= 0.6 is 0 Å². The third kappa shape index (κ3) is 7.08. The molecule has 0 aromatic heterocycles. The van der Waals surface area contributed by atoms with E-state index in [1.54, 1.807) is 0 Å². The zero-order valence-corrected chi connectivity index (χ0v) is 20.2. The molecule has 3 aromatic rings. The van der Waals surface area contributed by atoms with Crippen molar-refractivity contribution >= 4 is 12.2 Å². The molecule has 0 radical (unpaired) electrons. The predicted molar refractivity (Wildman–Crippen MR) is 134 cm³/mol. The minimum atomic E-state index is -0.944. The van der Waals surface area contributed by atoms with Gasteiger partial charge in [0, 0.05) is 6.92 Å². The SMILES string of the molecule is CC(=O)N[C@H]1[C@@H](OCc2ccccc2)O[C@H](C=O)[C@@H](OCc2ccccc2)[C@@H]1OCc1ccccc1. The summed E-state index contributed by atoms with van der Waals surface area (Å²) in [6, 6.07) is 28.3. The van der Waals surface area contributed by atoms with E-state index >= 15 is 0 Å². The lowest BCUT2D eigenvalue weighted by molar-refractivity contribution is -0.276. The molecule has 3 aromatic carbocycles. The molecule has 4 rings (SSSR count). The lowest BCUT2D eigenvalue weighted by Gasteiger charge is -2.44. The molecule has 1 heterocycles. The zero-order valence-electron chi connectivity index (χ0n) is 20.2. The van der Waals surface area contributed by atoms with Gasteiger partial charge in [0.05, 0.1) is 19.8 Å². The second-order valence-corrected chi connectivity index (χ2v) is 8.65. The van der Waals surface area contributed by atoms with Gasteiger partial charge in [0.1, 0.15) is 24.4 Å². The maximum atomic E-state index is 12.2. The van der Waals surface area contributed by atoms with Crippen LogP contribution in [0.3, 0.4) is 0 Å². The number of hydrogen-bond acceptors (Lipinski definition) is 6. The molecule has 1 amide bonds. The lowest BCUT2D eigenvalue weighted by atomic mass is 9.96. The Morgan fingerprint density at radius 2 is 1.19 bits per heavy atom. The summed E-state index contributed by atoms with van der Waals surface area (Å²) in [7, 11) is 0. The molecule has 0 saturated carbocycles. The Morgan fingerprint density at radius 3 is 1.64 bits per heavy atom. The van der Waals surface area contributed by atoms with E-state index in [4.69, 9.17) is 18.9 Å². The zero-order chi connectivity index (χ0) is 25.2. The molecule has 7 heteroatoms. The second-order valence-electron chi connectivity index (χ2n) is 8.65. The highest BCUT2D eigenvalue weighted by atomic mass is 16.7. The van der Waals surface area contributed by atoms with E-state index in [0.717, 1.165) is 16.7 Å². The summed E-state index contributed by atoms with van der Waals surface area (Å²) in [6.07, 6.45) is -2.62. The van der Waals surface area contributed by atoms with Crippen molar-refractivity contribution in [2.24, 2.45) is 0 Å². The summed E-state index contributed by atoms with van der Waals surface area (Å²) in [5, 5.41) is 2.92. The van der Waals surface area contributed by atoms with Crippen LogP contribution < -0.4 is 5.32 Å². The maximum absolute atomic E-state index is 12.2. The number of benzene rings is 3. The van der Waals surface area contributed by atoms with Crippen molar-refractivity contribution in [3.05, 3.63) is 108 Å². The van der Waals surface area contributed by atoms with E-state index < -0.39 is 30.6 Å². The Bertz CT molecular complexity index is 1080. The summed E-state index contributed by atoms with van der Waals surface area (Å²) in [5.41, 5.74) is 2.84. The van der Waals surface area contributed by atoms with Gasteiger partial charge in [-0.15, -0.1) is 0 Å². The Hall–Kier alpha value is -3.36. The Kier molecular flexibility index (Phi) is 9.35. The van der Waals surface area contributed by atoms with Gasteiger partial charge in [0.2, 0.25) is 5.91 Å². The molecule has 188 valence electrons. The molecule has 5 atom stereocenters. The summed E-state index contributed by atoms with van der Waals surface area (Å²) < 4.78 is 24.7. The number of carbonyl (C=O) groups is 2. The van der Waals surface area contributed by atoms with E-state index in [9.17, 15) is 9.59 Å². The van der Waals surface area contributed by atoms with Crippen LogP contribution in [0.5, 0.6) is 0 Å². The van der Waals surface area contributed by atoms with Crippen LogP contribution in [-0.4, -0.2) is 42.8 Å². The molecule has 1 saturated heterocycles. The van der Waals surface area contributed by atoms with E-state index in [1.807, 2.05) is 91.0 Å². The first-order valence-corrected chi connectivity index (χ1v) is 12.0. The molecule has 1 N–H and O–H groups in total. The van der Waals surface area contributed by atoms with Gasteiger partial charge in [-0.3, -0.25) is 4.79 Å². The second kappa shape index (κ2) is 13.1. The topological polar surface area (TPSA) is 83.1 Å². The minimum Gasteiger partial charge on any atom is -0.368 e. The van der Waals surface area contributed by atoms with Gasteiger partial charge in [-0.05, 0) is 16.7 Å². The number of aldehydes is 1. The molecule has 0 spiro atoms. The third-order valence-electron chi connectivity index (χ3n) is 5.92. The molecular formula is C29H31NO6. The number of amides is 1. The number of hydrogen-bond donors (Lipinski definition) is 1. The smallest absolute Gasteiger partial charge is 0.217 e. The molecule has 1 fully saturated rings. The molecule has 0 bridgehead atoms. The van der Waals surface area contributed by atoms with E-state index in [0.29, 0.717) is 6.29 Å². The fraction of sp³-hybridized carbons (Fsp3) is 0.310. The van der Waals surface area contributed by atoms with Crippen LogP contribution in [0.15, 0.2) is 91.0 Å². The normalized spacial score (nSPS) is 23.6. The van der Waals surface area contributed by atoms with Gasteiger partial charge in [-0.25, -0.2) is 0 Å². The first kappa shape index (κ1) is 25.7. The van der Waals surface area contributed by atoms with E-state index in [2.05, 4.69) is 5.32 Å². The summed E-state index contributed by atoms with van der Waals surface area (Å²) in [5.74, 6) is -0.267. The molecule has 36 heavy (non-hydrogen) atoms. The standard InChI is InChI=1S/C29H31NO6/c1-21(32)30-26-28(34-19-23-13-7-3-8-14-23)27(33-18-22-11-5-2-6-12-22)25(17-31)36-29(26)35-20-24-15-9-4-10-16-24/h2-17,25-29H,18-20H2,1H3,(H,30,32)/t25-,26-,27-,28-,29+/m1/s1. The molecule has 1 aliphatic heterocycles.